The van der Waals surface area contributed by atoms with Gasteiger partial charge >= 0.3 is 0 Å². The molecular formula is C74H77N3O10. The van der Waals surface area contributed by atoms with Crippen molar-refractivity contribution in [1.29, 1.82) is 10.5 Å². The molecule has 448 valence electrons. The number of hydrogen-bond donors (Lipinski definition) is 0. The Hall–Kier alpha value is -6.42. The molecule has 5 aromatic carbocycles. The molecule has 6 saturated carbocycles. The minimum Gasteiger partial charge on any atom is -0.496 e. The third-order valence-corrected chi connectivity index (χ3v) is 26.4. The summed E-state index contributed by atoms with van der Waals surface area (Å²) in [4.78, 5) is 36.4. The first-order valence-electron chi connectivity index (χ1n) is 32.0. The fourth-order valence-corrected chi connectivity index (χ4v) is 24.8. The molecule has 17 rings (SSSR count). The van der Waals surface area contributed by atoms with Gasteiger partial charge in [-0.3, -0.25) is 9.59 Å². The summed E-state index contributed by atoms with van der Waals surface area (Å²) in [6.45, 7) is 8.24. The maximum absolute atomic E-state index is 17.4. The van der Waals surface area contributed by atoms with Crippen molar-refractivity contribution in [1.82, 2.24) is 0 Å². The summed E-state index contributed by atoms with van der Waals surface area (Å²) in [6, 6.07) is 38.4. The van der Waals surface area contributed by atoms with Gasteiger partial charge in [-0.05, 0) is 171 Å². The molecule has 13 nitrogen and oxygen atoms in total. The van der Waals surface area contributed by atoms with E-state index in [2.05, 4.69) is 106 Å². The number of carbonyl (C=O) groups excluding carboxylic acids is 2. The van der Waals surface area contributed by atoms with Crippen LogP contribution in [0.5, 0.6) is 11.5 Å². The van der Waals surface area contributed by atoms with Crippen LogP contribution in [0, 0.1) is 115 Å². The summed E-state index contributed by atoms with van der Waals surface area (Å²) in [6.07, 6.45) is 0.886. The Morgan fingerprint density at radius 2 is 1.02 bits per heavy atom. The number of imide groups is 1. The van der Waals surface area contributed by atoms with Crippen molar-refractivity contribution in [2.24, 2.45) is 92.7 Å². The minimum absolute atomic E-state index is 0.0470. The lowest BCUT2D eigenvalue weighted by Crippen LogP contribution is -2.80. The quantitative estimate of drug-likeness (QED) is 0.0476. The fraction of sp³-hybridized carbons (Fsp3) is 0.541. The van der Waals surface area contributed by atoms with E-state index in [0.29, 0.717) is 32.1 Å². The van der Waals surface area contributed by atoms with Crippen LogP contribution >= 0.6 is 0 Å². The average Bonchev–Trinajstić information content (AvgIpc) is 1.42. The van der Waals surface area contributed by atoms with Crippen LogP contribution in [0.1, 0.15) is 75.0 Å². The highest BCUT2D eigenvalue weighted by molar-refractivity contribution is 6.27. The number of fused-ring (bicyclic) bond motifs is 30. The van der Waals surface area contributed by atoms with Gasteiger partial charge in [0.15, 0.2) is 0 Å². The van der Waals surface area contributed by atoms with E-state index in [4.69, 9.17) is 37.9 Å². The van der Waals surface area contributed by atoms with E-state index in [-0.39, 0.29) is 106 Å². The summed E-state index contributed by atoms with van der Waals surface area (Å²) in [5.41, 5.74) is 5.70. The molecule has 13 heteroatoms. The van der Waals surface area contributed by atoms with Gasteiger partial charge in [-0.2, -0.15) is 10.5 Å². The molecule has 5 saturated heterocycles. The Kier molecular flexibility index (Phi) is 11.7. The highest BCUT2D eigenvalue weighted by Crippen LogP contribution is 2.94. The summed E-state index contributed by atoms with van der Waals surface area (Å²) >= 11 is 0. The zero-order valence-corrected chi connectivity index (χ0v) is 51.2. The van der Waals surface area contributed by atoms with Gasteiger partial charge in [0.1, 0.15) is 40.0 Å². The van der Waals surface area contributed by atoms with Gasteiger partial charge in [0, 0.05) is 75.1 Å². The smallest absolute Gasteiger partial charge is 0.246 e. The molecule has 22 atom stereocenters. The first-order chi connectivity index (χ1) is 42.3. The zero-order valence-electron chi connectivity index (χ0n) is 51.2. The van der Waals surface area contributed by atoms with Crippen molar-refractivity contribution in [3.05, 3.63) is 125 Å². The monoisotopic (exact) mass is 1170 g/mol. The maximum atomic E-state index is 17.4. The minimum atomic E-state index is -1.41. The van der Waals surface area contributed by atoms with E-state index < -0.39 is 46.1 Å². The number of anilines is 1. The number of allylic oxidation sites excluding steroid dienone is 2. The number of amides is 2. The molecule has 12 aliphatic rings. The summed E-state index contributed by atoms with van der Waals surface area (Å²) < 4.78 is 55.5. The van der Waals surface area contributed by atoms with E-state index in [0.717, 1.165) is 81.3 Å². The van der Waals surface area contributed by atoms with Crippen molar-refractivity contribution in [3.8, 4) is 45.9 Å². The molecule has 0 spiro atoms. The third-order valence-electron chi connectivity index (χ3n) is 26.4. The molecule has 10 bridgehead atoms. The van der Waals surface area contributed by atoms with Crippen LogP contribution in [0.2, 0.25) is 0 Å². The van der Waals surface area contributed by atoms with Crippen LogP contribution < -0.4 is 14.4 Å². The lowest BCUT2D eigenvalue weighted by molar-refractivity contribution is -0.279. The van der Waals surface area contributed by atoms with Crippen LogP contribution in [0.4, 0.5) is 5.69 Å². The Morgan fingerprint density at radius 1 is 0.575 bits per heavy atom. The number of ether oxygens (including phenoxy) is 8. The van der Waals surface area contributed by atoms with Crippen LogP contribution in [0.25, 0.3) is 33.0 Å². The molecule has 5 aromatic rings. The molecule has 2 amide bonds. The van der Waals surface area contributed by atoms with Gasteiger partial charge < -0.3 is 37.9 Å². The Bertz CT molecular complexity index is 3670. The van der Waals surface area contributed by atoms with Gasteiger partial charge in [-0.25, -0.2) is 4.90 Å². The number of nitriles is 2. The predicted molar refractivity (Wildman–Crippen MR) is 324 cm³/mol. The van der Waals surface area contributed by atoms with E-state index in [1.54, 1.807) is 33.3 Å². The fourth-order valence-electron chi connectivity index (χ4n) is 24.8. The number of nitrogens with zero attached hydrogens (tertiary/aromatic N) is 3. The third kappa shape index (κ3) is 5.96. The zero-order chi connectivity index (χ0) is 59.7. The summed E-state index contributed by atoms with van der Waals surface area (Å²) in [5.74, 6) is 1.03. The average molecular weight is 1170 g/mol. The largest absolute Gasteiger partial charge is 0.496 e. The van der Waals surface area contributed by atoms with Crippen molar-refractivity contribution >= 4 is 28.3 Å². The second-order valence-electron chi connectivity index (χ2n) is 29.3. The van der Waals surface area contributed by atoms with Crippen molar-refractivity contribution < 1.29 is 47.5 Å². The maximum Gasteiger partial charge on any atom is 0.246 e. The number of methoxy groups -OCH3 is 6. The molecule has 0 radical (unpaired) electrons. The van der Waals surface area contributed by atoms with Crippen molar-refractivity contribution in [2.75, 3.05) is 74.0 Å². The van der Waals surface area contributed by atoms with Crippen molar-refractivity contribution in [3.63, 3.8) is 0 Å². The summed E-state index contributed by atoms with van der Waals surface area (Å²) in [5, 5.41) is 23.0. The van der Waals surface area contributed by atoms with Gasteiger partial charge in [0.05, 0.1) is 57.5 Å². The number of benzene rings is 5. The van der Waals surface area contributed by atoms with Crippen LogP contribution in [-0.4, -0.2) is 105 Å². The van der Waals surface area contributed by atoms with Crippen LogP contribution in [-0.2, 0) is 43.4 Å². The lowest BCUT2D eigenvalue weighted by atomic mass is 9.26. The number of carbonyl (C=O) groups is 2. The number of hydrogen-bond acceptors (Lipinski definition) is 12. The second-order valence-corrected chi connectivity index (χ2v) is 29.3. The standard InChI is InChI=1S/C74H77N3O10/c1-70(2,3)39-20-22-40(23-21-39)77-68(78)73-64-56-45(32-80-4)43-28-44(55-42-25-24-41(54(43)55)51(42)38(30-75)31-76)46(33-81-5)57(56)65(86-64)74(73,69(77)79)67-63-62(66(73)87-67)71(34-82-6)47-29-48(72(63,71)35-83-7)59-53(37-18-14-11-15-19-37)61-50(85-9)27-26-49(84-8)60(61)52(58(47)59)36-16-12-10-13-17-36/h10-23,26-27,41-48,54-57,62-67H,24-25,28-29,32-35H2,1-9H3/t41-,42+,43+,44-,45-,46+,47+,48-,54?,55?,56?,57?,62?,63?,64-,65+,66-,67-,71+,72-,73+,74-/m1/s1. The van der Waals surface area contributed by atoms with Gasteiger partial charge in [-0.15, -0.1) is 0 Å². The van der Waals surface area contributed by atoms with Gasteiger partial charge in [0.2, 0.25) is 11.8 Å². The van der Waals surface area contributed by atoms with Crippen LogP contribution in [0.15, 0.2) is 108 Å². The van der Waals surface area contributed by atoms with E-state index >= 15 is 9.59 Å². The second kappa shape index (κ2) is 18.6. The number of rotatable bonds is 13. The van der Waals surface area contributed by atoms with E-state index in [9.17, 15) is 10.5 Å². The van der Waals surface area contributed by atoms with Gasteiger partial charge in [-0.1, -0.05) is 93.6 Å². The van der Waals surface area contributed by atoms with Gasteiger partial charge in [0.25, 0.3) is 0 Å². The van der Waals surface area contributed by atoms with Crippen molar-refractivity contribution in [2.45, 2.75) is 88.1 Å². The van der Waals surface area contributed by atoms with E-state index in [1.165, 1.54) is 11.1 Å². The molecule has 5 aliphatic heterocycles. The first kappa shape index (κ1) is 54.7. The van der Waals surface area contributed by atoms with Crippen LogP contribution in [0.3, 0.4) is 0 Å². The summed E-state index contributed by atoms with van der Waals surface area (Å²) in [7, 11) is 10.8. The highest BCUT2D eigenvalue weighted by atomic mass is 16.6. The predicted octanol–water partition coefficient (Wildman–Crippen LogP) is 11.7. The Balaban J connectivity index is 0.925. The molecule has 6 unspecified atom stereocenters. The molecule has 0 N–H and O–H groups in total. The van der Waals surface area contributed by atoms with E-state index in [1.807, 2.05) is 38.5 Å². The Morgan fingerprint density at radius 3 is 1.43 bits per heavy atom. The molecule has 87 heavy (non-hydrogen) atoms. The SMILES string of the molecule is COC[C@@H]1C2C([C@H]3O[C@@H]2[C@@]24C(=O)N(c5ccc(C(C)(C)C)cc5)C(=O)[C@@]32[C@@H]2O[C@@H]4C3C2[C@]2(COC)[C@H]4C[C@H](c5c4c(-c4ccccc4)c4c(OC)ccc(OC)c4c5-c4ccccc4)[C@]32COC)[C@H](COC)[C@@H]2C[C@H]1C1C2[C@@H]2CC[C@H]1C2=C(C#N)C#N. The molecular weight excluding hydrogens is 1090 g/mol. The molecule has 7 aliphatic carbocycles. The Labute approximate surface area is 509 Å². The molecule has 11 fully saturated rings. The topological polar surface area (TPSA) is 159 Å². The highest BCUT2D eigenvalue weighted by Gasteiger charge is 3.02. The molecule has 0 aromatic heterocycles. The molecule has 5 heterocycles. The first-order valence-corrected chi connectivity index (χ1v) is 32.0. The lowest BCUT2D eigenvalue weighted by Gasteiger charge is -2.74. The normalized spacial score (nSPS) is 41.0.